The number of hydrogen-bond acceptors (Lipinski definition) is 15. The molecule has 0 spiro atoms. The summed E-state index contributed by atoms with van der Waals surface area (Å²) < 4.78 is 68.6. The van der Waals surface area contributed by atoms with Crippen LogP contribution in [0, 0.1) is 23.7 Å². The van der Waals surface area contributed by atoms with Crippen LogP contribution in [0.3, 0.4) is 0 Å². The Labute approximate surface area is 594 Å². The molecule has 3 N–H and O–H groups in total. The number of carbonyl (C=O) groups is 4. The average Bonchev–Trinajstić information content (AvgIpc) is 1.33. The summed E-state index contributed by atoms with van der Waals surface area (Å²) >= 11 is 0. The Balaban J connectivity index is 5.24. The third-order valence-electron chi connectivity index (χ3n) is 18.1. The van der Waals surface area contributed by atoms with E-state index in [1.165, 1.54) is 193 Å². The topological polar surface area (TPSA) is 237 Å². The van der Waals surface area contributed by atoms with E-state index in [-0.39, 0.29) is 25.7 Å². The second-order valence-corrected chi connectivity index (χ2v) is 32.9. The molecule has 97 heavy (non-hydrogen) atoms. The first-order valence-corrected chi connectivity index (χ1v) is 43.2. The Bertz CT molecular complexity index is 1900. The van der Waals surface area contributed by atoms with Crippen LogP contribution in [0.4, 0.5) is 0 Å². The summed E-state index contributed by atoms with van der Waals surface area (Å²) in [7, 11) is -9.92. The molecule has 0 fully saturated rings. The second kappa shape index (κ2) is 67.2. The summed E-state index contributed by atoms with van der Waals surface area (Å²) in [5.41, 5.74) is 0. The minimum Gasteiger partial charge on any atom is -0.462 e. The van der Waals surface area contributed by atoms with Gasteiger partial charge in [-0.05, 0) is 49.4 Å². The van der Waals surface area contributed by atoms with Crippen LogP contribution in [-0.4, -0.2) is 96.7 Å². The van der Waals surface area contributed by atoms with Crippen LogP contribution in [0.5, 0.6) is 0 Å². The van der Waals surface area contributed by atoms with E-state index in [0.717, 1.165) is 114 Å². The van der Waals surface area contributed by atoms with Crippen LogP contribution in [0.2, 0.25) is 0 Å². The van der Waals surface area contributed by atoms with Crippen LogP contribution in [0.1, 0.15) is 396 Å². The van der Waals surface area contributed by atoms with Crippen LogP contribution in [-0.2, 0) is 65.4 Å². The highest BCUT2D eigenvalue weighted by molar-refractivity contribution is 7.47. The Morgan fingerprint density at radius 1 is 0.258 bits per heavy atom. The molecule has 0 aromatic heterocycles. The average molecular weight is 1420 g/mol. The van der Waals surface area contributed by atoms with Gasteiger partial charge in [0.25, 0.3) is 0 Å². The SMILES string of the molecule is CC(C)CCCCCCCCCCCCCCCCCCC(=O)O[C@H](COC(=O)CCCCCCCCCCCCCC(C)C)COP(=O)(O)OCC(O)COP(=O)(O)OC[C@@H](COC(=O)CCCCCCCCCC(C)C)OC(=O)CCCCCCCCCCCCCC(C)C. The standard InChI is InChI=1S/C78H152O17P2/c1-68(2)54-46-38-30-23-17-13-11-9-10-12-14-20-27-35-44-52-60-77(82)94-73(64-88-75(80)58-50-42-34-26-21-15-18-24-31-39-47-55-69(3)4)66-92-96(84,85)90-62-72(79)63-91-97(86,87)93-67-74(65-89-76(81)59-51-43-37-29-33-41-49-57-71(7)8)95-78(83)61-53-45-36-28-22-16-19-25-32-40-48-56-70(5)6/h68-74,79H,9-67H2,1-8H3,(H,84,85)(H,86,87)/t72?,73-,74-/m1/s1. The molecule has 0 aliphatic carbocycles. The van der Waals surface area contributed by atoms with Crippen molar-refractivity contribution in [3.8, 4) is 0 Å². The fraction of sp³-hybridized carbons (Fsp3) is 0.949. The van der Waals surface area contributed by atoms with Crippen molar-refractivity contribution >= 4 is 39.5 Å². The molecule has 3 unspecified atom stereocenters. The molecule has 0 aromatic carbocycles. The first-order valence-electron chi connectivity index (χ1n) is 40.2. The van der Waals surface area contributed by atoms with Crippen molar-refractivity contribution in [2.75, 3.05) is 39.6 Å². The minimum absolute atomic E-state index is 0.105. The molecule has 576 valence electrons. The Hall–Kier alpha value is -1.94. The summed E-state index contributed by atoms with van der Waals surface area (Å²) in [5.74, 6) is 0.932. The number of carbonyl (C=O) groups excluding carboxylic acids is 4. The van der Waals surface area contributed by atoms with Gasteiger partial charge in [0, 0.05) is 25.7 Å². The summed E-state index contributed by atoms with van der Waals surface area (Å²) in [6.07, 6.45) is 52.8. The van der Waals surface area contributed by atoms with Gasteiger partial charge in [-0.3, -0.25) is 37.3 Å². The molecule has 0 aliphatic rings. The molecule has 17 nitrogen and oxygen atoms in total. The summed E-state index contributed by atoms with van der Waals surface area (Å²) in [6, 6.07) is 0. The molecule has 5 atom stereocenters. The molecular formula is C78H152O17P2. The number of unbranched alkanes of at least 4 members (excludes halogenated alkanes) is 41. The second-order valence-electron chi connectivity index (χ2n) is 30.0. The van der Waals surface area contributed by atoms with Crippen LogP contribution in [0.15, 0.2) is 0 Å². The monoisotopic (exact) mass is 1420 g/mol. The number of hydrogen-bond donors (Lipinski definition) is 3. The van der Waals surface area contributed by atoms with Crippen LogP contribution >= 0.6 is 15.6 Å². The fourth-order valence-corrected chi connectivity index (χ4v) is 13.5. The lowest BCUT2D eigenvalue weighted by Gasteiger charge is -2.21. The van der Waals surface area contributed by atoms with Crippen LogP contribution in [0.25, 0.3) is 0 Å². The van der Waals surface area contributed by atoms with Crippen LogP contribution < -0.4 is 0 Å². The molecule has 0 saturated carbocycles. The zero-order valence-corrected chi connectivity index (χ0v) is 65.5. The van der Waals surface area contributed by atoms with Gasteiger partial charge in [-0.2, -0.15) is 0 Å². The highest BCUT2D eigenvalue weighted by atomic mass is 31.2. The number of aliphatic hydroxyl groups is 1. The zero-order valence-electron chi connectivity index (χ0n) is 63.7. The maximum Gasteiger partial charge on any atom is 0.472 e. The van der Waals surface area contributed by atoms with Gasteiger partial charge in [0.15, 0.2) is 12.2 Å². The van der Waals surface area contributed by atoms with Gasteiger partial charge in [-0.25, -0.2) is 9.13 Å². The van der Waals surface area contributed by atoms with Gasteiger partial charge in [-0.15, -0.1) is 0 Å². The quantitative estimate of drug-likeness (QED) is 0.0222. The lowest BCUT2D eigenvalue weighted by molar-refractivity contribution is -0.161. The molecule has 0 aromatic rings. The van der Waals surface area contributed by atoms with E-state index in [2.05, 4.69) is 55.4 Å². The molecule has 0 aliphatic heterocycles. The number of phosphoric ester groups is 2. The predicted molar refractivity (Wildman–Crippen MR) is 395 cm³/mol. The maximum absolute atomic E-state index is 13.1. The molecule has 0 amide bonds. The largest absolute Gasteiger partial charge is 0.472 e. The first-order chi connectivity index (χ1) is 46.6. The fourth-order valence-electron chi connectivity index (χ4n) is 11.9. The van der Waals surface area contributed by atoms with Crippen molar-refractivity contribution in [1.29, 1.82) is 0 Å². The lowest BCUT2D eigenvalue weighted by atomic mass is 10.0. The molecular weight excluding hydrogens is 1270 g/mol. The van der Waals surface area contributed by atoms with Gasteiger partial charge < -0.3 is 33.8 Å². The smallest absolute Gasteiger partial charge is 0.462 e. The van der Waals surface area contributed by atoms with Crippen molar-refractivity contribution in [2.24, 2.45) is 23.7 Å². The van der Waals surface area contributed by atoms with Crippen molar-refractivity contribution in [3.05, 3.63) is 0 Å². The third-order valence-corrected chi connectivity index (χ3v) is 20.0. The molecule has 0 heterocycles. The summed E-state index contributed by atoms with van der Waals surface area (Å²) in [5, 5.41) is 10.6. The molecule has 19 heteroatoms. The number of aliphatic hydroxyl groups excluding tert-OH is 1. The highest BCUT2D eigenvalue weighted by Gasteiger charge is 2.30. The van der Waals surface area contributed by atoms with Crippen molar-refractivity contribution < 1.29 is 80.2 Å². The van der Waals surface area contributed by atoms with Gasteiger partial charge in [-0.1, -0.05) is 344 Å². The number of rotatable bonds is 75. The van der Waals surface area contributed by atoms with Gasteiger partial charge >= 0.3 is 39.5 Å². The first kappa shape index (κ1) is 95.1. The van der Waals surface area contributed by atoms with E-state index in [1.54, 1.807) is 0 Å². The van der Waals surface area contributed by atoms with Gasteiger partial charge in [0.2, 0.25) is 0 Å². The highest BCUT2D eigenvalue weighted by Crippen LogP contribution is 2.45. The number of esters is 4. The van der Waals surface area contributed by atoms with E-state index in [9.17, 15) is 43.2 Å². The van der Waals surface area contributed by atoms with E-state index in [0.29, 0.717) is 31.6 Å². The number of phosphoric acid groups is 2. The number of ether oxygens (including phenoxy) is 4. The summed E-state index contributed by atoms with van der Waals surface area (Å²) in [4.78, 5) is 72.9. The van der Waals surface area contributed by atoms with E-state index in [1.807, 2.05) is 0 Å². The normalized spacial score (nSPS) is 14.1. The zero-order chi connectivity index (χ0) is 71.7. The van der Waals surface area contributed by atoms with E-state index < -0.39 is 97.5 Å². The van der Waals surface area contributed by atoms with Crippen molar-refractivity contribution in [2.45, 2.75) is 414 Å². The van der Waals surface area contributed by atoms with Gasteiger partial charge in [0.05, 0.1) is 26.4 Å². The molecule has 0 bridgehead atoms. The minimum atomic E-state index is -4.96. The van der Waals surface area contributed by atoms with E-state index >= 15 is 0 Å². The molecule has 0 radical (unpaired) electrons. The van der Waals surface area contributed by atoms with Crippen molar-refractivity contribution in [3.63, 3.8) is 0 Å². The Morgan fingerprint density at radius 3 is 0.639 bits per heavy atom. The maximum atomic E-state index is 13.1. The predicted octanol–water partition coefficient (Wildman–Crippen LogP) is 22.8. The van der Waals surface area contributed by atoms with Gasteiger partial charge in [0.1, 0.15) is 19.3 Å². The summed E-state index contributed by atoms with van der Waals surface area (Å²) in [6.45, 7) is 14.2. The molecule has 0 rings (SSSR count). The lowest BCUT2D eigenvalue weighted by Crippen LogP contribution is -2.30. The Morgan fingerprint density at radius 2 is 0.433 bits per heavy atom. The third kappa shape index (κ3) is 72.2. The molecule has 0 saturated heterocycles. The Kier molecular flexibility index (Phi) is 65.9. The van der Waals surface area contributed by atoms with Crippen molar-refractivity contribution in [1.82, 2.24) is 0 Å². The van der Waals surface area contributed by atoms with E-state index in [4.69, 9.17) is 37.0 Å².